The van der Waals surface area contributed by atoms with E-state index in [-0.39, 0.29) is 18.4 Å². The molecule has 2 rings (SSSR count). The van der Waals surface area contributed by atoms with E-state index in [4.69, 9.17) is 21.4 Å². The van der Waals surface area contributed by atoms with Gasteiger partial charge in [-0.3, -0.25) is 4.79 Å². The minimum absolute atomic E-state index is 0.152. The second-order valence-electron chi connectivity index (χ2n) is 4.73. The second kappa shape index (κ2) is 6.72. The third kappa shape index (κ3) is 3.95. The Morgan fingerprint density at radius 3 is 2.75 bits per heavy atom. The Bertz CT molecular complexity index is 506. The largest absolute Gasteiger partial charge is 0.479 e. The molecule has 2 N–H and O–H groups in total. The van der Waals surface area contributed by atoms with Crippen LogP contribution >= 0.6 is 11.6 Å². The zero-order chi connectivity index (χ0) is 14.5. The molecule has 1 aromatic carbocycles. The fraction of sp³-hybridized carbons (Fsp3) is 0.429. The number of carboxylic acid groups (broad SMARTS) is 1. The van der Waals surface area contributed by atoms with Crippen LogP contribution in [0.15, 0.2) is 24.3 Å². The molecule has 0 aromatic heterocycles. The van der Waals surface area contributed by atoms with Crippen molar-refractivity contribution in [3.63, 3.8) is 0 Å². The summed E-state index contributed by atoms with van der Waals surface area (Å²) in [5.74, 6) is -1.10. The minimum Gasteiger partial charge on any atom is -0.479 e. The molecule has 0 saturated carbocycles. The molecule has 5 nitrogen and oxygen atoms in total. The van der Waals surface area contributed by atoms with Crippen molar-refractivity contribution < 1.29 is 19.4 Å². The summed E-state index contributed by atoms with van der Waals surface area (Å²) in [6, 6.07) is 7.17. The van der Waals surface area contributed by atoms with Gasteiger partial charge in [-0.05, 0) is 24.5 Å². The van der Waals surface area contributed by atoms with Crippen LogP contribution < -0.4 is 5.32 Å². The van der Waals surface area contributed by atoms with E-state index in [0.717, 1.165) is 5.56 Å². The number of rotatable bonds is 5. The number of benzene rings is 1. The van der Waals surface area contributed by atoms with Crippen LogP contribution in [0.1, 0.15) is 18.4 Å². The SMILES string of the molecule is O=C(Cc1ccccc1Cl)NCC1CCC(C(=O)O)O1. The molecule has 6 heteroatoms. The van der Waals surface area contributed by atoms with E-state index in [2.05, 4.69) is 5.32 Å². The van der Waals surface area contributed by atoms with Crippen molar-refractivity contribution in [2.45, 2.75) is 31.5 Å². The summed E-state index contributed by atoms with van der Waals surface area (Å²) in [5.41, 5.74) is 0.766. The molecule has 1 saturated heterocycles. The summed E-state index contributed by atoms with van der Waals surface area (Å²) in [6.07, 6.45) is 0.352. The van der Waals surface area contributed by atoms with Gasteiger partial charge in [0.15, 0.2) is 6.10 Å². The normalized spacial score (nSPS) is 21.6. The average Bonchev–Trinajstić information content (AvgIpc) is 2.88. The number of hydrogen-bond donors (Lipinski definition) is 2. The highest BCUT2D eigenvalue weighted by atomic mass is 35.5. The van der Waals surface area contributed by atoms with Gasteiger partial charge >= 0.3 is 5.97 Å². The van der Waals surface area contributed by atoms with Crippen molar-refractivity contribution in [1.29, 1.82) is 0 Å². The number of hydrogen-bond acceptors (Lipinski definition) is 3. The van der Waals surface area contributed by atoms with E-state index < -0.39 is 12.1 Å². The maximum absolute atomic E-state index is 11.8. The first-order chi connectivity index (χ1) is 9.56. The average molecular weight is 298 g/mol. The second-order valence-corrected chi connectivity index (χ2v) is 5.14. The highest BCUT2D eigenvalue weighted by Crippen LogP contribution is 2.19. The van der Waals surface area contributed by atoms with E-state index in [0.29, 0.717) is 24.4 Å². The Morgan fingerprint density at radius 2 is 2.10 bits per heavy atom. The van der Waals surface area contributed by atoms with Crippen LogP contribution in [-0.2, 0) is 20.7 Å². The number of aliphatic carboxylic acids is 1. The van der Waals surface area contributed by atoms with Crippen LogP contribution in [0.4, 0.5) is 0 Å². The van der Waals surface area contributed by atoms with Crippen molar-refractivity contribution >= 4 is 23.5 Å². The molecule has 0 radical (unpaired) electrons. The van der Waals surface area contributed by atoms with Gasteiger partial charge in [-0.2, -0.15) is 0 Å². The van der Waals surface area contributed by atoms with Crippen molar-refractivity contribution in [2.24, 2.45) is 0 Å². The Balaban J connectivity index is 1.76. The number of halogens is 1. The fourth-order valence-corrected chi connectivity index (χ4v) is 2.34. The topological polar surface area (TPSA) is 75.6 Å². The summed E-state index contributed by atoms with van der Waals surface area (Å²) in [5, 5.41) is 12.1. The zero-order valence-corrected chi connectivity index (χ0v) is 11.6. The molecule has 2 unspecified atom stereocenters. The first-order valence-corrected chi connectivity index (χ1v) is 6.82. The number of amides is 1. The molecular weight excluding hydrogens is 282 g/mol. The Hall–Kier alpha value is -1.59. The number of nitrogens with one attached hydrogen (secondary N) is 1. The molecule has 1 heterocycles. The predicted octanol–water partition coefficient (Wildman–Crippen LogP) is 1.63. The molecule has 1 aliphatic rings. The van der Waals surface area contributed by atoms with Gasteiger partial charge in [-0.15, -0.1) is 0 Å². The molecule has 1 aliphatic heterocycles. The highest BCUT2D eigenvalue weighted by molar-refractivity contribution is 6.31. The van der Waals surface area contributed by atoms with Gasteiger partial charge < -0.3 is 15.2 Å². The van der Waals surface area contributed by atoms with Crippen LogP contribution in [0.3, 0.4) is 0 Å². The zero-order valence-electron chi connectivity index (χ0n) is 10.8. The molecule has 1 fully saturated rings. The molecule has 0 bridgehead atoms. The maximum atomic E-state index is 11.8. The molecule has 1 aromatic rings. The molecule has 108 valence electrons. The number of ether oxygens (including phenoxy) is 1. The molecule has 0 spiro atoms. The number of carbonyl (C=O) groups excluding carboxylic acids is 1. The van der Waals surface area contributed by atoms with Gasteiger partial charge in [0.1, 0.15) is 0 Å². The standard InChI is InChI=1S/C14H16ClNO4/c15-11-4-2-1-3-9(11)7-13(17)16-8-10-5-6-12(20-10)14(18)19/h1-4,10,12H,5-8H2,(H,16,17)(H,18,19). The molecule has 0 aliphatic carbocycles. The van der Waals surface area contributed by atoms with Crippen molar-refractivity contribution in [2.75, 3.05) is 6.54 Å². The third-order valence-corrected chi connectivity index (χ3v) is 3.59. The van der Waals surface area contributed by atoms with E-state index in [1.807, 2.05) is 12.1 Å². The maximum Gasteiger partial charge on any atom is 0.332 e. The monoisotopic (exact) mass is 297 g/mol. The smallest absolute Gasteiger partial charge is 0.332 e. The lowest BCUT2D eigenvalue weighted by Gasteiger charge is -2.12. The molecule has 1 amide bonds. The van der Waals surface area contributed by atoms with Crippen LogP contribution in [0.2, 0.25) is 5.02 Å². The van der Waals surface area contributed by atoms with E-state index in [1.165, 1.54) is 0 Å². The Morgan fingerprint density at radius 1 is 1.35 bits per heavy atom. The third-order valence-electron chi connectivity index (χ3n) is 3.22. The summed E-state index contributed by atoms with van der Waals surface area (Å²) in [7, 11) is 0. The van der Waals surface area contributed by atoms with Crippen molar-refractivity contribution in [3.05, 3.63) is 34.9 Å². The van der Waals surface area contributed by atoms with Crippen molar-refractivity contribution in [3.8, 4) is 0 Å². The lowest BCUT2D eigenvalue weighted by atomic mass is 10.1. The Kier molecular flexibility index (Phi) is 4.98. The van der Waals surface area contributed by atoms with E-state index in [1.54, 1.807) is 12.1 Å². The van der Waals surface area contributed by atoms with Crippen molar-refractivity contribution in [1.82, 2.24) is 5.32 Å². The predicted molar refractivity (Wildman–Crippen MR) is 73.7 cm³/mol. The summed E-state index contributed by atoms with van der Waals surface area (Å²) >= 11 is 5.98. The number of carbonyl (C=O) groups is 2. The van der Waals surface area contributed by atoms with E-state index in [9.17, 15) is 9.59 Å². The van der Waals surface area contributed by atoms with Gasteiger partial charge in [0.25, 0.3) is 0 Å². The highest BCUT2D eigenvalue weighted by Gasteiger charge is 2.30. The first-order valence-electron chi connectivity index (χ1n) is 6.44. The van der Waals surface area contributed by atoms with Gasteiger partial charge in [0.05, 0.1) is 12.5 Å². The molecular formula is C14H16ClNO4. The lowest BCUT2D eigenvalue weighted by Crippen LogP contribution is -2.34. The Labute approximate surface area is 121 Å². The van der Waals surface area contributed by atoms with Gasteiger partial charge in [-0.25, -0.2) is 4.79 Å². The first kappa shape index (κ1) is 14.8. The summed E-state index contributed by atoms with van der Waals surface area (Å²) in [4.78, 5) is 22.5. The van der Waals surface area contributed by atoms with Crippen LogP contribution in [0.25, 0.3) is 0 Å². The quantitative estimate of drug-likeness (QED) is 0.866. The van der Waals surface area contributed by atoms with Crippen LogP contribution in [0, 0.1) is 0 Å². The lowest BCUT2D eigenvalue weighted by molar-refractivity contribution is -0.149. The number of carboxylic acids is 1. The van der Waals surface area contributed by atoms with Gasteiger partial charge in [0, 0.05) is 11.6 Å². The van der Waals surface area contributed by atoms with Crippen LogP contribution in [0.5, 0.6) is 0 Å². The summed E-state index contributed by atoms with van der Waals surface area (Å²) in [6.45, 7) is 0.326. The molecule has 2 atom stereocenters. The van der Waals surface area contributed by atoms with Crippen LogP contribution in [-0.4, -0.2) is 35.7 Å². The summed E-state index contributed by atoms with van der Waals surface area (Å²) < 4.78 is 5.31. The van der Waals surface area contributed by atoms with Gasteiger partial charge in [-0.1, -0.05) is 29.8 Å². The van der Waals surface area contributed by atoms with E-state index >= 15 is 0 Å². The molecule has 20 heavy (non-hydrogen) atoms. The minimum atomic E-state index is -0.949. The van der Waals surface area contributed by atoms with Gasteiger partial charge in [0.2, 0.25) is 5.91 Å². The fourth-order valence-electron chi connectivity index (χ4n) is 2.14.